The van der Waals surface area contributed by atoms with Crippen molar-refractivity contribution in [2.75, 3.05) is 13.7 Å². The number of ether oxygens (including phenoxy) is 1. The lowest BCUT2D eigenvalue weighted by molar-refractivity contribution is 0.166. The van der Waals surface area contributed by atoms with Gasteiger partial charge in [-0.25, -0.2) is 0 Å². The lowest BCUT2D eigenvalue weighted by atomic mass is 10.0. The van der Waals surface area contributed by atoms with Gasteiger partial charge >= 0.3 is 0 Å². The summed E-state index contributed by atoms with van der Waals surface area (Å²) in [5.74, 6) is 0.862. The molecule has 1 atom stereocenters. The van der Waals surface area contributed by atoms with Crippen molar-refractivity contribution < 1.29 is 9.84 Å². The van der Waals surface area contributed by atoms with E-state index in [4.69, 9.17) is 4.74 Å². The topological polar surface area (TPSA) is 41.5 Å². The van der Waals surface area contributed by atoms with E-state index in [2.05, 4.69) is 19.2 Å². The van der Waals surface area contributed by atoms with Gasteiger partial charge < -0.3 is 15.2 Å². The standard InChI is InChI=1S/C14H23NO2/c1-10(2)15-8-7-13(16)12-5-6-14(17-4)11(3)9-12/h5-6,9-10,13,15-16H,7-8H2,1-4H3. The molecular formula is C14H23NO2. The summed E-state index contributed by atoms with van der Waals surface area (Å²) < 4.78 is 5.20. The molecule has 0 fully saturated rings. The molecule has 0 saturated carbocycles. The SMILES string of the molecule is COc1ccc(C(O)CCNC(C)C)cc1C. The summed E-state index contributed by atoms with van der Waals surface area (Å²) >= 11 is 0. The number of rotatable bonds is 6. The van der Waals surface area contributed by atoms with Crippen molar-refractivity contribution in [1.29, 1.82) is 0 Å². The Hall–Kier alpha value is -1.06. The Morgan fingerprint density at radius 3 is 2.59 bits per heavy atom. The van der Waals surface area contributed by atoms with E-state index in [9.17, 15) is 5.11 Å². The zero-order valence-electron chi connectivity index (χ0n) is 11.2. The quantitative estimate of drug-likeness (QED) is 0.798. The number of benzene rings is 1. The van der Waals surface area contributed by atoms with Crippen LogP contribution in [0.1, 0.15) is 37.5 Å². The first kappa shape index (κ1) is 14.0. The maximum Gasteiger partial charge on any atom is 0.121 e. The highest BCUT2D eigenvalue weighted by molar-refractivity contribution is 5.36. The Morgan fingerprint density at radius 1 is 1.35 bits per heavy atom. The van der Waals surface area contributed by atoms with E-state index < -0.39 is 6.10 Å². The van der Waals surface area contributed by atoms with E-state index >= 15 is 0 Å². The Labute approximate surface area is 104 Å². The van der Waals surface area contributed by atoms with Gasteiger partial charge in [0.25, 0.3) is 0 Å². The molecular weight excluding hydrogens is 214 g/mol. The third-order valence-corrected chi connectivity index (χ3v) is 2.77. The van der Waals surface area contributed by atoms with Gasteiger partial charge in [-0.2, -0.15) is 0 Å². The fraction of sp³-hybridized carbons (Fsp3) is 0.571. The van der Waals surface area contributed by atoms with Crippen LogP contribution in [-0.4, -0.2) is 24.8 Å². The molecule has 17 heavy (non-hydrogen) atoms. The molecule has 3 heteroatoms. The summed E-state index contributed by atoms with van der Waals surface area (Å²) in [6.45, 7) is 7.01. The zero-order chi connectivity index (χ0) is 12.8. The minimum absolute atomic E-state index is 0.411. The largest absolute Gasteiger partial charge is 0.496 e. The van der Waals surface area contributed by atoms with Crippen LogP contribution in [0, 0.1) is 6.92 Å². The second kappa shape index (κ2) is 6.62. The van der Waals surface area contributed by atoms with Crippen molar-refractivity contribution in [3.05, 3.63) is 29.3 Å². The first-order valence-electron chi connectivity index (χ1n) is 6.10. The summed E-state index contributed by atoms with van der Waals surface area (Å²) in [6, 6.07) is 6.27. The van der Waals surface area contributed by atoms with Crippen LogP contribution in [0.15, 0.2) is 18.2 Å². The molecule has 0 radical (unpaired) electrons. The van der Waals surface area contributed by atoms with Crippen molar-refractivity contribution in [3.8, 4) is 5.75 Å². The van der Waals surface area contributed by atoms with Crippen LogP contribution in [0.4, 0.5) is 0 Å². The summed E-state index contributed by atoms with van der Waals surface area (Å²) in [6.07, 6.45) is 0.315. The van der Waals surface area contributed by atoms with Gasteiger partial charge in [0.2, 0.25) is 0 Å². The first-order valence-corrected chi connectivity index (χ1v) is 6.10. The average molecular weight is 237 g/mol. The monoisotopic (exact) mass is 237 g/mol. The van der Waals surface area contributed by atoms with Crippen LogP contribution in [0.25, 0.3) is 0 Å². The molecule has 0 aliphatic carbocycles. The third-order valence-electron chi connectivity index (χ3n) is 2.77. The molecule has 1 aromatic carbocycles. The molecule has 1 rings (SSSR count). The van der Waals surface area contributed by atoms with Crippen molar-refractivity contribution >= 4 is 0 Å². The second-order valence-corrected chi connectivity index (χ2v) is 4.64. The third kappa shape index (κ3) is 4.36. The minimum atomic E-state index is -0.411. The Kier molecular flexibility index (Phi) is 5.45. The smallest absolute Gasteiger partial charge is 0.121 e. The fourth-order valence-electron chi connectivity index (χ4n) is 1.78. The van der Waals surface area contributed by atoms with Gasteiger partial charge in [0.15, 0.2) is 0 Å². The van der Waals surface area contributed by atoms with Crippen LogP contribution < -0.4 is 10.1 Å². The van der Waals surface area contributed by atoms with Crippen LogP contribution in [-0.2, 0) is 0 Å². The molecule has 0 aliphatic rings. The van der Waals surface area contributed by atoms with E-state index in [1.807, 2.05) is 25.1 Å². The molecule has 1 unspecified atom stereocenters. The van der Waals surface area contributed by atoms with E-state index in [1.165, 1.54) is 0 Å². The summed E-state index contributed by atoms with van der Waals surface area (Å²) in [7, 11) is 1.66. The first-order chi connectivity index (χ1) is 8.04. The van der Waals surface area contributed by atoms with Crippen LogP contribution in [0.5, 0.6) is 5.75 Å². The van der Waals surface area contributed by atoms with E-state index in [0.717, 1.165) is 29.8 Å². The molecule has 0 aromatic heterocycles. The number of aliphatic hydroxyl groups excluding tert-OH is 1. The van der Waals surface area contributed by atoms with Gasteiger partial charge in [-0.15, -0.1) is 0 Å². The van der Waals surface area contributed by atoms with Crippen molar-refractivity contribution in [1.82, 2.24) is 5.32 Å². The maximum absolute atomic E-state index is 10.0. The molecule has 0 saturated heterocycles. The summed E-state index contributed by atoms with van der Waals surface area (Å²) in [4.78, 5) is 0. The molecule has 0 spiro atoms. The van der Waals surface area contributed by atoms with Crippen LogP contribution in [0.2, 0.25) is 0 Å². The van der Waals surface area contributed by atoms with E-state index in [0.29, 0.717) is 6.04 Å². The van der Waals surface area contributed by atoms with Crippen molar-refractivity contribution in [2.45, 2.75) is 39.3 Å². The van der Waals surface area contributed by atoms with Crippen molar-refractivity contribution in [3.63, 3.8) is 0 Å². The molecule has 3 nitrogen and oxygen atoms in total. The van der Waals surface area contributed by atoms with Gasteiger partial charge in [0, 0.05) is 6.04 Å². The van der Waals surface area contributed by atoms with Gasteiger partial charge in [-0.05, 0) is 43.1 Å². The fourth-order valence-corrected chi connectivity index (χ4v) is 1.78. The number of hydrogen-bond donors (Lipinski definition) is 2. The predicted octanol–water partition coefficient (Wildman–Crippen LogP) is 2.43. The molecule has 0 heterocycles. The molecule has 96 valence electrons. The molecule has 1 aromatic rings. The summed E-state index contributed by atoms with van der Waals surface area (Å²) in [5, 5.41) is 13.3. The van der Waals surface area contributed by atoms with Crippen molar-refractivity contribution in [2.24, 2.45) is 0 Å². The Balaban J connectivity index is 2.57. The number of methoxy groups -OCH3 is 1. The highest BCUT2D eigenvalue weighted by Gasteiger charge is 2.09. The highest BCUT2D eigenvalue weighted by atomic mass is 16.5. The highest BCUT2D eigenvalue weighted by Crippen LogP contribution is 2.23. The molecule has 0 amide bonds. The van der Waals surface area contributed by atoms with E-state index in [1.54, 1.807) is 7.11 Å². The van der Waals surface area contributed by atoms with Gasteiger partial charge in [0.05, 0.1) is 13.2 Å². The lowest BCUT2D eigenvalue weighted by Crippen LogP contribution is -2.24. The number of nitrogens with one attached hydrogen (secondary N) is 1. The number of aliphatic hydroxyl groups is 1. The number of aryl methyl sites for hydroxylation is 1. The molecule has 2 N–H and O–H groups in total. The number of hydrogen-bond acceptors (Lipinski definition) is 3. The molecule has 0 aliphatic heterocycles. The summed E-state index contributed by atoms with van der Waals surface area (Å²) in [5.41, 5.74) is 2.01. The van der Waals surface area contributed by atoms with Gasteiger partial charge in [-0.3, -0.25) is 0 Å². The lowest BCUT2D eigenvalue weighted by Gasteiger charge is -2.14. The molecule has 0 bridgehead atoms. The Morgan fingerprint density at radius 2 is 2.06 bits per heavy atom. The van der Waals surface area contributed by atoms with Crippen LogP contribution in [0.3, 0.4) is 0 Å². The second-order valence-electron chi connectivity index (χ2n) is 4.64. The van der Waals surface area contributed by atoms with Crippen LogP contribution >= 0.6 is 0 Å². The predicted molar refractivity (Wildman–Crippen MR) is 70.4 cm³/mol. The minimum Gasteiger partial charge on any atom is -0.496 e. The zero-order valence-corrected chi connectivity index (χ0v) is 11.2. The van der Waals surface area contributed by atoms with Gasteiger partial charge in [-0.1, -0.05) is 19.9 Å². The van der Waals surface area contributed by atoms with Gasteiger partial charge in [0.1, 0.15) is 5.75 Å². The average Bonchev–Trinajstić information content (AvgIpc) is 2.28. The normalized spacial score (nSPS) is 12.8. The van der Waals surface area contributed by atoms with E-state index in [-0.39, 0.29) is 0 Å². The maximum atomic E-state index is 10.0. The Bertz CT molecular complexity index is 350.